The highest BCUT2D eigenvalue weighted by Crippen LogP contribution is 2.28. The van der Waals surface area contributed by atoms with Crippen LogP contribution in [0.1, 0.15) is 5.56 Å². The molecule has 0 spiro atoms. The summed E-state index contributed by atoms with van der Waals surface area (Å²) in [4.78, 5) is 0. The van der Waals surface area contributed by atoms with E-state index in [9.17, 15) is 0 Å². The minimum absolute atomic E-state index is 0.479. The van der Waals surface area contributed by atoms with Gasteiger partial charge in [-0.05, 0) is 51.8 Å². The zero-order valence-electron chi connectivity index (χ0n) is 10.8. The van der Waals surface area contributed by atoms with Crippen molar-refractivity contribution in [3.63, 3.8) is 0 Å². The molecule has 2 N–H and O–H groups in total. The molecule has 0 atom stereocenters. The second-order valence-electron chi connectivity index (χ2n) is 4.12. The number of hydrogen-bond donors (Lipinski definition) is 1. The van der Waals surface area contributed by atoms with E-state index in [2.05, 4.69) is 31.9 Å². The van der Waals surface area contributed by atoms with Crippen LogP contribution in [0.15, 0.2) is 51.4 Å². The Bertz CT molecular complexity index is 576. The summed E-state index contributed by atoms with van der Waals surface area (Å²) in [5.74, 6) is 1.61. The van der Waals surface area contributed by atoms with Gasteiger partial charge in [0, 0.05) is 11.0 Å². The number of hydrogen-bond acceptors (Lipinski definition) is 3. The summed E-state index contributed by atoms with van der Waals surface area (Å²) in [6.07, 6.45) is 0. The minimum atomic E-state index is 0.479. The van der Waals surface area contributed by atoms with Crippen LogP contribution in [0.25, 0.3) is 0 Å². The Morgan fingerprint density at radius 3 is 2.50 bits per heavy atom. The van der Waals surface area contributed by atoms with Crippen LogP contribution in [-0.4, -0.2) is 13.2 Å². The summed E-state index contributed by atoms with van der Waals surface area (Å²) in [7, 11) is 0. The molecule has 0 saturated heterocycles. The van der Waals surface area contributed by atoms with Crippen LogP contribution < -0.4 is 15.2 Å². The maximum atomic E-state index is 5.65. The van der Waals surface area contributed by atoms with Crippen molar-refractivity contribution in [2.75, 3.05) is 13.2 Å². The first-order valence-electron chi connectivity index (χ1n) is 6.18. The molecule has 0 aliphatic rings. The van der Waals surface area contributed by atoms with Gasteiger partial charge in [0.2, 0.25) is 0 Å². The predicted molar refractivity (Wildman–Crippen MR) is 87.2 cm³/mol. The maximum Gasteiger partial charge on any atom is 0.133 e. The topological polar surface area (TPSA) is 44.5 Å². The molecule has 0 fully saturated rings. The predicted octanol–water partition coefficient (Wildman–Crippen LogP) is 4.13. The summed E-state index contributed by atoms with van der Waals surface area (Å²) in [5.41, 5.74) is 6.64. The lowest BCUT2D eigenvalue weighted by Crippen LogP contribution is -2.09. The molecule has 0 aliphatic carbocycles. The standard InChI is InChI=1S/C15H15Br2NO2/c16-12-4-5-15(14(17)9-12)20-7-6-19-13-3-1-2-11(8-13)10-18/h1-5,8-9H,6-7,10,18H2. The molecule has 20 heavy (non-hydrogen) atoms. The monoisotopic (exact) mass is 399 g/mol. The van der Waals surface area contributed by atoms with Gasteiger partial charge in [0.05, 0.1) is 4.47 Å². The van der Waals surface area contributed by atoms with Crippen molar-refractivity contribution in [2.24, 2.45) is 5.73 Å². The van der Waals surface area contributed by atoms with Crippen LogP contribution in [0.3, 0.4) is 0 Å². The smallest absolute Gasteiger partial charge is 0.133 e. The van der Waals surface area contributed by atoms with E-state index in [4.69, 9.17) is 15.2 Å². The average Bonchev–Trinajstić information content (AvgIpc) is 2.45. The van der Waals surface area contributed by atoms with Crippen molar-refractivity contribution in [3.8, 4) is 11.5 Å². The minimum Gasteiger partial charge on any atom is -0.490 e. The van der Waals surface area contributed by atoms with Gasteiger partial charge in [0.15, 0.2) is 0 Å². The SMILES string of the molecule is NCc1cccc(OCCOc2ccc(Br)cc2Br)c1. The van der Waals surface area contributed by atoms with Gasteiger partial charge >= 0.3 is 0 Å². The fourth-order valence-corrected chi connectivity index (χ4v) is 2.83. The number of rotatable bonds is 6. The number of halogens is 2. The molecule has 106 valence electrons. The molecule has 0 radical (unpaired) electrons. The van der Waals surface area contributed by atoms with Crippen LogP contribution in [0.4, 0.5) is 0 Å². The highest BCUT2D eigenvalue weighted by molar-refractivity contribution is 9.11. The average molecular weight is 401 g/mol. The molecule has 2 aromatic carbocycles. The second-order valence-corrected chi connectivity index (χ2v) is 5.89. The van der Waals surface area contributed by atoms with E-state index >= 15 is 0 Å². The van der Waals surface area contributed by atoms with E-state index in [1.807, 2.05) is 42.5 Å². The lowest BCUT2D eigenvalue weighted by atomic mass is 10.2. The lowest BCUT2D eigenvalue weighted by Gasteiger charge is -2.10. The van der Waals surface area contributed by atoms with Gasteiger partial charge in [-0.15, -0.1) is 0 Å². The summed E-state index contributed by atoms with van der Waals surface area (Å²) in [5, 5.41) is 0. The third-order valence-corrected chi connectivity index (χ3v) is 3.75. The van der Waals surface area contributed by atoms with Crippen molar-refractivity contribution >= 4 is 31.9 Å². The van der Waals surface area contributed by atoms with Crippen LogP contribution in [0.2, 0.25) is 0 Å². The van der Waals surface area contributed by atoms with Gasteiger partial charge in [0.1, 0.15) is 24.7 Å². The molecule has 3 nitrogen and oxygen atoms in total. The number of nitrogens with two attached hydrogens (primary N) is 1. The Morgan fingerprint density at radius 2 is 1.75 bits per heavy atom. The normalized spacial score (nSPS) is 10.3. The summed E-state index contributed by atoms with van der Waals surface area (Å²) in [6, 6.07) is 13.5. The molecule has 0 aliphatic heterocycles. The maximum absolute atomic E-state index is 5.65. The third kappa shape index (κ3) is 4.51. The molecule has 2 aromatic rings. The summed E-state index contributed by atoms with van der Waals surface area (Å²) in [6.45, 7) is 1.48. The Kier molecular flexibility index (Phi) is 5.88. The highest BCUT2D eigenvalue weighted by Gasteiger charge is 2.02. The van der Waals surface area contributed by atoms with Gasteiger partial charge in [-0.3, -0.25) is 0 Å². The molecular weight excluding hydrogens is 386 g/mol. The van der Waals surface area contributed by atoms with E-state index in [1.165, 1.54) is 0 Å². The van der Waals surface area contributed by atoms with Crippen molar-refractivity contribution in [3.05, 3.63) is 57.0 Å². The fourth-order valence-electron chi connectivity index (χ4n) is 1.67. The van der Waals surface area contributed by atoms with Crippen LogP contribution in [0, 0.1) is 0 Å². The van der Waals surface area contributed by atoms with Gasteiger partial charge in [-0.25, -0.2) is 0 Å². The van der Waals surface area contributed by atoms with Crippen molar-refractivity contribution < 1.29 is 9.47 Å². The lowest BCUT2D eigenvalue weighted by molar-refractivity contribution is 0.216. The first kappa shape index (κ1) is 15.4. The van der Waals surface area contributed by atoms with Gasteiger partial charge in [-0.2, -0.15) is 0 Å². The quantitative estimate of drug-likeness (QED) is 0.741. The number of benzene rings is 2. The third-order valence-electron chi connectivity index (χ3n) is 2.64. The largest absolute Gasteiger partial charge is 0.490 e. The van der Waals surface area contributed by atoms with Gasteiger partial charge in [-0.1, -0.05) is 28.1 Å². The van der Waals surface area contributed by atoms with E-state index in [0.717, 1.165) is 26.0 Å². The Morgan fingerprint density at radius 1 is 0.950 bits per heavy atom. The zero-order valence-corrected chi connectivity index (χ0v) is 14.0. The number of ether oxygens (including phenoxy) is 2. The van der Waals surface area contributed by atoms with Crippen LogP contribution in [0.5, 0.6) is 11.5 Å². The fraction of sp³-hybridized carbons (Fsp3) is 0.200. The first-order chi connectivity index (χ1) is 9.69. The van der Waals surface area contributed by atoms with Crippen molar-refractivity contribution in [2.45, 2.75) is 6.54 Å². The molecule has 0 unspecified atom stereocenters. The van der Waals surface area contributed by atoms with Crippen LogP contribution in [-0.2, 0) is 6.54 Å². The molecule has 0 bridgehead atoms. The molecule has 0 saturated carbocycles. The molecule has 5 heteroatoms. The Labute approximate surface area is 135 Å². The summed E-state index contributed by atoms with van der Waals surface area (Å²) >= 11 is 6.86. The van der Waals surface area contributed by atoms with E-state index in [-0.39, 0.29) is 0 Å². The van der Waals surface area contributed by atoms with E-state index < -0.39 is 0 Å². The molecular formula is C15H15Br2NO2. The second kappa shape index (κ2) is 7.67. The zero-order chi connectivity index (χ0) is 14.4. The van der Waals surface area contributed by atoms with E-state index in [0.29, 0.717) is 19.8 Å². The molecule has 0 heterocycles. The summed E-state index contributed by atoms with van der Waals surface area (Å²) < 4.78 is 13.2. The first-order valence-corrected chi connectivity index (χ1v) is 7.77. The van der Waals surface area contributed by atoms with Gasteiger partial charge in [0.25, 0.3) is 0 Å². The van der Waals surface area contributed by atoms with Crippen molar-refractivity contribution in [1.82, 2.24) is 0 Å². The Hall–Kier alpha value is -1.04. The van der Waals surface area contributed by atoms with E-state index in [1.54, 1.807) is 0 Å². The Balaban J connectivity index is 1.81. The van der Waals surface area contributed by atoms with Crippen molar-refractivity contribution in [1.29, 1.82) is 0 Å². The van der Waals surface area contributed by atoms with Crippen LogP contribution >= 0.6 is 31.9 Å². The molecule has 0 amide bonds. The molecule has 0 aromatic heterocycles. The molecule has 2 rings (SSSR count). The highest BCUT2D eigenvalue weighted by atomic mass is 79.9. The van der Waals surface area contributed by atoms with Gasteiger partial charge < -0.3 is 15.2 Å².